The topological polar surface area (TPSA) is 34.1 Å². The van der Waals surface area contributed by atoms with Gasteiger partial charge in [0, 0.05) is 5.33 Å². The molecule has 0 saturated heterocycles. The summed E-state index contributed by atoms with van der Waals surface area (Å²) < 4.78 is 25.6. The van der Waals surface area contributed by atoms with Crippen LogP contribution in [-0.4, -0.2) is 19.5 Å². The summed E-state index contributed by atoms with van der Waals surface area (Å²) >= 11 is 3.58. The van der Waals surface area contributed by atoms with Gasteiger partial charge in [-0.05, 0) is 36.8 Å². The van der Waals surface area contributed by atoms with E-state index in [-0.39, 0.29) is 11.2 Å². The minimum atomic E-state index is -3.21. The monoisotopic (exact) mass is 358 g/mol. The Hall–Kier alpha value is -0.350. The fourth-order valence-corrected chi connectivity index (χ4v) is 6.40. The zero-order valence-corrected chi connectivity index (χ0v) is 14.5. The van der Waals surface area contributed by atoms with Crippen molar-refractivity contribution in [2.75, 3.05) is 11.1 Å². The lowest BCUT2D eigenvalue weighted by Gasteiger charge is -2.30. The molecule has 1 aliphatic carbocycles. The molecule has 0 radical (unpaired) electrons. The van der Waals surface area contributed by atoms with E-state index in [1.54, 1.807) is 6.07 Å². The van der Waals surface area contributed by atoms with Crippen LogP contribution in [0.3, 0.4) is 0 Å². The fraction of sp³-hybridized carbons (Fsp3) is 0.625. The van der Waals surface area contributed by atoms with E-state index in [1.807, 2.05) is 25.1 Å². The van der Waals surface area contributed by atoms with Crippen LogP contribution in [0.5, 0.6) is 0 Å². The molecule has 1 saturated carbocycles. The van der Waals surface area contributed by atoms with Crippen molar-refractivity contribution in [1.29, 1.82) is 0 Å². The second kappa shape index (κ2) is 6.61. The van der Waals surface area contributed by atoms with Crippen LogP contribution in [0.15, 0.2) is 29.2 Å². The molecule has 4 heteroatoms. The summed E-state index contributed by atoms with van der Waals surface area (Å²) in [7, 11) is -3.21. The quantitative estimate of drug-likeness (QED) is 0.586. The summed E-state index contributed by atoms with van der Waals surface area (Å²) in [4.78, 5) is 0.504. The summed E-state index contributed by atoms with van der Waals surface area (Å²) in [6.45, 7) is 1.88. The number of hydrogen-bond acceptors (Lipinski definition) is 2. The van der Waals surface area contributed by atoms with E-state index < -0.39 is 9.84 Å². The smallest absolute Gasteiger partial charge is 0.179 e. The first-order valence-corrected chi connectivity index (χ1v) is 10.1. The number of hydrogen-bond donors (Lipinski definition) is 0. The molecule has 2 nitrogen and oxygen atoms in total. The Morgan fingerprint density at radius 3 is 2.25 bits per heavy atom. The van der Waals surface area contributed by atoms with Crippen molar-refractivity contribution < 1.29 is 8.42 Å². The highest BCUT2D eigenvalue weighted by Gasteiger charge is 2.35. The third-order valence-electron chi connectivity index (χ3n) is 4.37. The standard InChI is InChI=1S/C16H23BrO2S/c1-14-8-4-5-9-15(14)20(18,19)13-16(12-17)10-6-2-3-7-11-16/h4-5,8-9H,2-3,6-7,10-13H2,1H3. The van der Waals surface area contributed by atoms with Crippen LogP contribution in [0.4, 0.5) is 0 Å². The van der Waals surface area contributed by atoms with Gasteiger partial charge in [-0.15, -0.1) is 0 Å². The highest BCUT2D eigenvalue weighted by atomic mass is 79.9. The molecular weight excluding hydrogens is 336 g/mol. The molecule has 20 heavy (non-hydrogen) atoms. The first-order valence-electron chi connectivity index (χ1n) is 7.33. The van der Waals surface area contributed by atoms with Gasteiger partial charge in [0.25, 0.3) is 0 Å². The number of benzene rings is 1. The molecule has 0 N–H and O–H groups in total. The first kappa shape index (κ1) is 16.0. The molecule has 1 aromatic rings. The molecule has 0 aromatic heterocycles. The average Bonchev–Trinajstić information content (AvgIpc) is 2.64. The van der Waals surface area contributed by atoms with Crippen molar-refractivity contribution in [1.82, 2.24) is 0 Å². The number of halogens is 1. The van der Waals surface area contributed by atoms with Crippen molar-refractivity contribution in [2.45, 2.75) is 50.3 Å². The third kappa shape index (κ3) is 3.64. The van der Waals surface area contributed by atoms with Gasteiger partial charge < -0.3 is 0 Å². The van der Waals surface area contributed by atoms with E-state index in [0.717, 1.165) is 36.6 Å². The Morgan fingerprint density at radius 2 is 1.70 bits per heavy atom. The van der Waals surface area contributed by atoms with E-state index >= 15 is 0 Å². The molecule has 0 bridgehead atoms. The molecule has 0 unspecified atom stereocenters. The van der Waals surface area contributed by atoms with Crippen LogP contribution in [0.2, 0.25) is 0 Å². The van der Waals surface area contributed by atoms with Gasteiger partial charge in [0.1, 0.15) is 0 Å². The van der Waals surface area contributed by atoms with E-state index in [2.05, 4.69) is 15.9 Å². The molecule has 1 fully saturated rings. The Bertz CT molecular complexity index is 543. The molecule has 2 rings (SSSR count). The summed E-state index contributed by atoms with van der Waals surface area (Å²) in [6.07, 6.45) is 6.80. The Labute approximate surface area is 131 Å². The summed E-state index contributed by atoms with van der Waals surface area (Å²) in [5.41, 5.74) is 0.767. The molecule has 0 aliphatic heterocycles. The highest BCUT2D eigenvalue weighted by Crippen LogP contribution is 2.39. The Balaban J connectivity index is 2.28. The summed E-state index contributed by atoms with van der Waals surface area (Å²) in [5, 5.41) is 0.783. The molecule has 0 heterocycles. The lowest BCUT2D eigenvalue weighted by molar-refractivity contribution is 0.327. The zero-order valence-electron chi connectivity index (χ0n) is 12.1. The van der Waals surface area contributed by atoms with Crippen LogP contribution in [-0.2, 0) is 9.84 Å². The lowest BCUT2D eigenvalue weighted by Crippen LogP contribution is -2.31. The number of aryl methyl sites for hydroxylation is 1. The fourth-order valence-electron chi connectivity index (χ4n) is 3.18. The molecule has 0 amide bonds. The van der Waals surface area contributed by atoms with Crippen molar-refractivity contribution in [2.24, 2.45) is 5.41 Å². The van der Waals surface area contributed by atoms with Gasteiger partial charge in [0.05, 0.1) is 10.6 Å². The van der Waals surface area contributed by atoms with Crippen LogP contribution >= 0.6 is 15.9 Å². The summed E-state index contributed by atoms with van der Waals surface area (Å²) in [5.74, 6) is 0.274. The van der Waals surface area contributed by atoms with Crippen LogP contribution < -0.4 is 0 Å². The van der Waals surface area contributed by atoms with E-state index in [9.17, 15) is 8.42 Å². The van der Waals surface area contributed by atoms with Gasteiger partial charge in [0.2, 0.25) is 0 Å². The molecule has 0 atom stereocenters. The largest absolute Gasteiger partial charge is 0.224 e. The van der Waals surface area contributed by atoms with Crippen LogP contribution in [0, 0.1) is 12.3 Å². The maximum absolute atomic E-state index is 12.8. The molecule has 0 spiro atoms. The van der Waals surface area contributed by atoms with Gasteiger partial charge >= 0.3 is 0 Å². The van der Waals surface area contributed by atoms with Crippen molar-refractivity contribution in [3.8, 4) is 0 Å². The maximum atomic E-state index is 12.8. The van der Waals surface area contributed by atoms with Crippen molar-refractivity contribution in [3.05, 3.63) is 29.8 Å². The van der Waals surface area contributed by atoms with E-state index in [4.69, 9.17) is 0 Å². The SMILES string of the molecule is Cc1ccccc1S(=O)(=O)CC1(CBr)CCCCCC1. The first-order chi connectivity index (χ1) is 9.49. The number of rotatable bonds is 4. The van der Waals surface area contributed by atoms with Crippen molar-refractivity contribution in [3.63, 3.8) is 0 Å². The number of sulfone groups is 1. The Morgan fingerprint density at radius 1 is 1.10 bits per heavy atom. The predicted octanol–water partition coefficient (Wildman–Crippen LogP) is 4.50. The Kier molecular flexibility index (Phi) is 5.30. The van der Waals surface area contributed by atoms with Gasteiger partial charge in [-0.25, -0.2) is 8.42 Å². The molecular formula is C16H23BrO2S. The molecule has 1 aromatic carbocycles. The second-order valence-electron chi connectivity index (χ2n) is 6.07. The van der Waals surface area contributed by atoms with Crippen molar-refractivity contribution >= 4 is 25.8 Å². The van der Waals surface area contributed by atoms with E-state index in [0.29, 0.717) is 4.90 Å². The highest BCUT2D eigenvalue weighted by molar-refractivity contribution is 9.09. The van der Waals surface area contributed by atoms with E-state index in [1.165, 1.54) is 12.8 Å². The molecule has 1 aliphatic rings. The van der Waals surface area contributed by atoms with Gasteiger partial charge in [-0.3, -0.25) is 0 Å². The van der Waals surface area contributed by atoms with Gasteiger partial charge in [0.15, 0.2) is 9.84 Å². The van der Waals surface area contributed by atoms with Gasteiger partial charge in [-0.1, -0.05) is 59.8 Å². The maximum Gasteiger partial charge on any atom is 0.179 e. The van der Waals surface area contributed by atoms with Crippen LogP contribution in [0.1, 0.15) is 44.1 Å². The predicted molar refractivity (Wildman–Crippen MR) is 87.2 cm³/mol. The minimum Gasteiger partial charge on any atom is -0.224 e. The number of alkyl halides is 1. The molecule has 112 valence electrons. The second-order valence-corrected chi connectivity index (χ2v) is 8.59. The lowest BCUT2D eigenvalue weighted by atomic mass is 9.85. The third-order valence-corrected chi connectivity index (χ3v) is 7.68. The average molecular weight is 359 g/mol. The minimum absolute atomic E-state index is 0.0857. The van der Waals surface area contributed by atoms with Gasteiger partial charge in [-0.2, -0.15) is 0 Å². The zero-order chi connectivity index (χ0) is 14.6. The summed E-state index contributed by atoms with van der Waals surface area (Å²) in [6, 6.07) is 7.32. The normalized spacial score (nSPS) is 19.5. The van der Waals surface area contributed by atoms with Crippen LogP contribution in [0.25, 0.3) is 0 Å².